The Bertz CT molecular complexity index is 827. The van der Waals surface area contributed by atoms with Gasteiger partial charge in [0.05, 0.1) is 5.69 Å². The summed E-state index contributed by atoms with van der Waals surface area (Å²) >= 11 is 1.79. The summed E-state index contributed by atoms with van der Waals surface area (Å²) in [6.45, 7) is 2.99. The van der Waals surface area contributed by atoms with Crippen molar-refractivity contribution < 1.29 is 4.79 Å². The first-order valence-electron chi connectivity index (χ1n) is 8.93. The van der Waals surface area contributed by atoms with E-state index in [2.05, 4.69) is 37.9 Å². The Labute approximate surface area is 157 Å². The first-order valence-corrected chi connectivity index (χ1v) is 9.81. The molecule has 5 nitrogen and oxygen atoms in total. The number of H-pyrrole nitrogens is 1. The largest absolute Gasteiger partial charge is 0.348 e. The third-order valence-electron chi connectivity index (χ3n) is 4.76. The fraction of sp³-hybridized carbons (Fsp3) is 0.300. The number of likely N-dealkylation sites (tertiary alicyclic amines) is 1. The zero-order valence-electron chi connectivity index (χ0n) is 14.5. The number of nitrogens with one attached hydrogen (secondary N) is 2. The number of carbonyl (C=O) groups is 1. The third-order valence-corrected chi connectivity index (χ3v) is 5.62. The molecule has 0 bridgehead atoms. The lowest BCUT2D eigenvalue weighted by atomic mass is 10.0. The van der Waals surface area contributed by atoms with Crippen molar-refractivity contribution in [3.05, 3.63) is 64.5 Å². The molecule has 26 heavy (non-hydrogen) atoms. The molecule has 1 saturated heterocycles. The summed E-state index contributed by atoms with van der Waals surface area (Å²) in [5.41, 5.74) is 2.68. The Kier molecular flexibility index (Phi) is 5.13. The van der Waals surface area contributed by atoms with Gasteiger partial charge in [0.25, 0.3) is 5.91 Å². The molecule has 3 heterocycles. The number of hydrogen-bond acceptors (Lipinski definition) is 4. The number of rotatable bonds is 5. The highest BCUT2D eigenvalue weighted by molar-refractivity contribution is 7.09. The van der Waals surface area contributed by atoms with E-state index in [0.29, 0.717) is 5.56 Å². The van der Waals surface area contributed by atoms with Gasteiger partial charge in [-0.1, -0.05) is 18.2 Å². The Balaban J connectivity index is 1.35. The molecule has 1 aliphatic rings. The maximum atomic E-state index is 12.6. The van der Waals surface area contributed by atoms with E-state index in [9.17, 15) is 4.79 Å². The number of piperidine rings is 1. The summed E-state index contributed by atoms with van der Waals surface area (Å²) in [6.07, 6.45) is 3.88. The fourth-order valence-electron chi connectivity index (χ4n) is 3.43. The van der Waals surface area contributed by atoms with Crippen LogP contribution in [-0.2, 0) is 6.54 Å². The van der Waals surface area contributed by atoms with Gasteiger partial charge >= 0.3 is 0 Å². The maximum Gasteiger partial charge on any atom is 0.251 e. The minimum atomic E-state index is 0.00383. The highest BCUT2D eigenvalue weighted by Crippen LogP contribution is 2.19. The molecular weight excluding hydrogens is 344 g/mol. The number of thiophene rings is 1. The Hall–Kier alpha value is -2.44. The number of hydrogen-bond donors (Lipinski definition) is 2. The van der Waals surface area contributed by atoms with Gasteiger partial charge < -0.3 is 5.32 Å². The zero-order chi connectivity index (χ0) is 17.8. The lowest BCUT2D eigenvalue weighted by Gasteiger charge is -2.32. The lowest BCUT2D eigenvalue weighted by molar-refractivity contribution is 0.0901. The van der Waals surface area contributed by atoms with Crippen LogP contribution in [0, 0.1) is 0 Å². The second-order valence-corrected chi connectivity index (χ2v) is 7.71. The van der Waals surface area contributed by atoms with Gasteiger partial charge in [0, 0.05) is 35.8 Å². The van der Waals surface area contributed by atoms with Crippen molar-refractivity contribution in [2.45, 2.75) is 25.4 Å². The van der Waals surface area contributed by atoms with Gasteiger partial charge in [0.1, 0.15) is 0 Å². The Morgan fingerprint density at radius 1 is 1.27 bits per heavy atom. The first kappa shape index (κ1) is 17.0. The van der Waals surface area contributed by atoms with Crippen molar-refractivity contribution in [1.82, 2.24) is 20.4 Å². The van der Waals surface area contributed by atoms with Gasteiger partial charge in [-0.2, -0.15) is 5.10 Å². The van der Waals surface area contributed by atoms with E-state index in [1.54, 1.807) is 17.5 Å². The van der Waals surface area contributed by atoms with E-state index in [1.807, 2.05) is 30.3 Å². The van der Waals surface area contributed by atoms with E-state index >= 15 is 0 Å². The van der Waals surface area contributed by atoms with Crippen LogP contribution >= 0.6 is 11.3 Å². The summed E-state index contributed by atoms with van der Waals surface area (Å²) < 4.78 is 0. The van der Waals surface area contributed by atoms with Crippen LogP contribution in [0.3, 0.4) is 0 Å². The molecule has 0 aliphatic carbocycles. The fourth-order valence-corrected chi connectivity index (χ4v) is 4.17. The highest BCUT2D eigenvalue weighted by atomic mass is 32.1. The number of benzene rings is 1. The average molecular weight is 366 g/mol. The molecule has 0 spiro atoms. The number of aromatic amines is 1. The molecule has 1 fully saturated rings. The molecule has 134 valence electrons. The second kappa shape index (κ2) is 7.85. The van der Waals surface area contributed by atoms with E-state index < -0.39 is 0 Å². The molecule has 1 aromatic carbocycles. The molecule has 0 radical (unpaired) electrons. The van der Waals surface area contributed by atoms with Crippen molar-refractivity contribution in [1.29, 1.82) is 0 Å². The van der Waals surface area contributed by atoms with Gasteiger partial charge in [-0.15, -0.1) is 11.3 Å². The third kappa shape index (κ3) is 4.03. The molecule has 2 N–H and O–H groups in total. The molecule has 1 amide bonds. The van der Waals surface area contributed by atoms with Crippen molar-refractivity contribution in [3.63, 3.8) is 0 Å². The van der Waals surface area contributed by atoms with Crippen LogP contribution in [0.1, 0.15) is 28.1 Å². The summed E-state index contributed by atoms with van der Waals surface area (Å²) in [5, 5.41) is 12.2. The Morgan fingerprint density at radius 3 is 2.88 bits per heavy atom. The number of amides is 1. The van der Waals surface area contributed by atoms with Crippen molar-refractivity contribution in [2.75, 3.05) is 13.1 Å². The summed E-state index contributed by atoms with van der Waals surface area (Å²) in [5.74, 6) is 0.00383. The molecule has 1 aliphatic heterocycles. The maximum absolute atomic E-state index is 12.6. The van der Waals surface area contributed by atoms with Crippen LogP contribution in [0.25, 0.3) is 11.3 Å². The topological polar surface area (TPSA) is 61.0 Å². The van der Waals surface area contributed by atoms with Crippen molar-refractivity contribution in [3.8, 4) is 11.3 Å². The minimum absolute atomic E-state index is 0.00383. The smallest absolute Gasteiger partial charge is 0.251 e. The highest BCUT2D eigenvalue weighted by Gasteiger charge is 2.22. The van der Waals surface area contributed by atoms with Crippen LogP contribution in [0.2, 0.25) is 0 Å². The lowest BCUT2D eigenvalue weighted by Crippen LogP contribution is -2.47. The van der Waals surface area contributed by atoms with Crippen LogP contribution in [0.15, 0.2) is 54.0 Å². The molecule has 1 atom stereocenters. The number of carbonyl (C=O) groups excluding carboxylic acids is 1. The number of nitrogens with zero attached hydrogens (tertiary/aromatic N) is 2. The minimum Gasteiger partial charge on any atom is -0.348 e. The van der Waals surface area contributed by atoms with Gasteiger partial charge in [0.15, 0.2) is 0 Å². The molecule has 0 saturated carbocycles. The molecule has 0 unspecified atom stereocenters. The van der Waals surface area contributed by atoms with E-state index in [-0.39, 0.29) is 11.9 Å². The summed E-state index contributed by atoms with van der Waals surface area (Å²) in [6, 6.07) is 14.0. The van der Waals surface area contributed by atoms with Crippen molar-refractivity contribution in [2.24, 2.45) is 0 Å². The van der Waals surface area contributed by atoms with Gasteiger partial charge in [0.2, 0.25) is 0 Å². The molecule has 4 rings (SSSR count). The number of aromatic nitrogens is 2. The van der Waals surface area contributed by atoms with Gasteiger partial charge in [-0.3, -0.25) is 14.8 Å². The van der Waals surface area contributed by atoms with Gasteiger partial charge in [-0.05, 0) is 54.6 Å². The monoisotopic (exact) mass is 366 g/mol. The average Bonchev–Trinajstić information content (AvgIpc) is 3.36. The van der Waals surface area contributed by atoms with Crippen LogP contribution < -0.4 is 5.32 Å². The zero-order valence-corrected chi connectivity index (χ0v) is 15.3. The van der Waals surface area contributed by atoms with E-state index in [0.717, 1.165) is 43.7 Å². The molecular formula is C20H22N4OS. The normalized spacial score (nSPS) is 17.9. The molecule has 3 aromatic rings. The van der Waals surface area contributed by atoms with Crippen molar-refractivity contribution >= 4 is 17.2 Å². The second-order valence-electron chi connectivity index (χ2n) is 6.67. The van der Waals surface area contributed by atoms with Crippen LogP contribution in [0.5, 0.6) is 0 Å². The van der Waals surface area contributed by atoms with E-state index in [4.69, 9.17) is 0 Å². The summed E-state index contributed by atoms with van der Waals surface area (Å²) in [7, 11) is 0. The summed E-state index contributed by atoms with van der Waals surface area (Å²) in [4.78, 5) is 16.4. The van der Waals surface area contributed by atoms with Crippen LogP contribution in [0.4, 0.5) is 0 Å². The standard InChI is InChI=1S/C20H22N4OS/c25-20(16-7-5-15(6-8-16)19-9-10-21-23-19)22-17-3-1-11-24(13-17)14-18-4-2-12-26-18/h2,4-10,12,17H,1,3,11,13-14H2,(H,21,23)(H,22,25)/t17-/m1/s1. The SMILES string of the molecule is O=C(N[C@@H]1CCCN(Cc2cccs2)C1)c1ccc(-c2ccn[nH]2)cc1. The predicted octanol–water partition coefficient (Wildman–Crippen LogP) is 3.53. The van der Waals surface area contributed by atoms with Crippen LogP contribution in [-0.4, -0.2) is 40.1 Å². The first-order chi connectivity index (χ1) is 12.8. The van der Waals surface area contributed by atoms with Gasteiger partial charge in [-0.25, -0.2) is 0 Å². The Morgan fingerprint density at radius 2 is 2.15 bits per heavy atom. The predicted molar refractivity (Wildman–Crippen MR) is 104 cm³/mol. The molecule has 2 aromatic heterocycles. The van der Waals surface area contributed by atoms with E-state index in [1.165, 1.54) is 4.88 Å². The quantitative estimate of drug-likeness (QED) is 0.726. The molecule has 6 heteroatoms.